The molecule has 64 valence electrons. The second-order valence-electron chi connectivity index (χ2n) is 3.53. The minimum Gasteiger partial charge on any atom is -0.386 e. The van der Waals surface area contributed by atoms with Crippen molar-refractivity contribution in [2.24, 2.45) is 5.41 Å². The molecule has 0 saturated carbocycles. The van der Waals surface area contributed by atoms with Crippen molar-refractivity contribution in [1.82, 2.24) is 0 Å². The second-order valence-corrected chi connectivity index (χ2v) is 3.53. The molecule has 1 aliphatic rings. The summed E-state index contributed by atoms with van der Waals surface area (Å²) in [5.74, 6) is 0. The van der Waals surface area contributed by atoms with Gasteiger partial charge in [0, 0.05) is 25.2 Å². The van der Waals surface area contributed by atoms with Gasteiger partial charge in [-0.1, -0.05) is 13.8 Å². The zero-order chi connectivity index (χ0) is 8.32. The Kier molecular flexibility index (Phi) is 2.93. The third-order valence-electron chi connectivity index (χ3n) is 1.52. The Labute approximate surface area is 68.2 Å². The Bertz CT molecular complexity index is 117. The maximum atomic E-state index is 5.29. The summed E-state index contributed by atoms with van der Waals surface area (Å²) in [4.78, 5) is 0. The van der Waals surface area contributed by atoms with Gasteiger partial charge in [0.1, 0.15) is 0 Å². The fourth-order valence-corrected chi connectivity index (χ4v) is 0.909. The zero-order valence-electron chi connectivity index (χ0n) is 7.42. The third kappa shape index (κ3) is 2.81. The molecule has 1 aliphatic heterocycles. The molecule has 0 aromatic rings. The molecular formula is C7H15BO3. The number of hydrogen-bond donors (Lipinski definition) is 0. The van der Waals surface area contributed by atoms with Crippen molar-refractivity contribution in [3.8, 4) is 0 Å². The van der Waals surface area contributed by atoms with Crippen LogP contribution >= 0.6 is 0 Å². The van der Waals surface area contributed by atoms with E-state index < -0.39 is 7.32 Å². The van der Waals surface area contributed by atoms with Crippen LogP contribution in [0.2, 0.25) is 0 Å². The second kappa shape index (κ2) is 3.56. The van der Waals surface area contributed by atoms with Gasteiger partial charge in [-0.3, -0.25) is 0 Å². The summed E-state index contributed by atoms with van der Waals surface area (Å²) in [6.07, 6.45) is 0. The summed E-state index contributed by atoms with van der Waals surface area (Å²) >= 11 is 0. The van der Waals surface area contributed by atoms with E-state index in [1.165, 1.54) is 0 Å². The molecule has 0 aliphatic carbocycles. The highest BCUT2D eigenvalue weighted by Crippen LogP contribution is 2.21. The predicted octanol–water partition coefficient (Wildman–Crippen LogP) is 1.08. The van der Waals surface area contributed by atoms with Crippen molar-refractivity contribution in [2.45, 2.75) is 20.8 Å². The van der Waals surface area contributed by atoms with Crippen molar-refractivity contribution < 1.29 is 14.0 Å². The number of rotatable bonds is 2. The van der Waals surface area contributed by atoms with Gasteiger partial charge >= 0.3 is 7.32 Å². The van der Waals surface area contributed by atoms with Crippen LogP contribution in [-0.2, 0) is 14.0 Å². The van der Waals surface area contributed by atoms with Gasteiger partial charge in [-0.05, 0) is 6.92 Å². The lowest BCUT2D eigenvalue weighted by Crippen LogP contribution is -2.42. The zero-order valence-corrected chi connectivity index (χ0v) is 7.42. The molecule has 0 bridgehead atoms. The molecule has 4 heteroatoms. The highest BCUT2D eigenvalue weighted by molar-refractivity contribution is 6.36. The van der Waals surface area contributed by atoms with E-state index in [4.69, 9.17) is 14.0 Å². The normalized spacial score (nSPS) is 23.7. The summed E-state index contributed by atoms with van der Waals surface area (Å²) in [5, 5.41) is 0. The molecule has 0 N–H and O–H groups in total. The predicted molar refractivity (Wildman–Crippen MR) is 43.1 cm³/mol. The van der Waals surface area contributed by atoms with Crippen LogP contribution in [0.25, 0.3) is 0 Å². The lowest BCUT2D eigenvalue weighted by Gasteiger charge is -2.31. The topological polar surface area (TPSA) is 27.7 Å². The van der Waals surface area contributed by atoms with E-state index in [1.807, 2.05) is 6.92 Å². The minimum atomic E-state index is -0.437. The quantitative estimate of drug-likeness (QED) is 0.562. The van der Waals surface area contributed by atoms with E-state index in [0.717, 1.165) is 0 Å². The Balaban J connectivity index is 2.25. The Hall–Kier alpha value is -0.0551. The Morgan fingerprint density at radius 2 is 1.91 bits per heavy atom. The van der Waals surface area contributed by atoms with E-state index in [2.05, 4.69) is 13.8 Å². The first-order chi connectivity index (χ1) is 5.14. The van der Waals surface area contributed by atoms with E-state index >= 15 is 0 Å². The van der Waals surface area contributed by atoms with Crippen molar-refractivity contribution in [2.75, 3.05) is 19.8 Å². The van der Waals surface area contributed by atoms with Gasteiger partial charge in [-0.25, -0.2) is 0 Å². The Morgan fingerprint density at radius 1 is 1.36 bits per heavy atom. The first-order valence-corrected chi connectivity index (χ1v) is 3.99. The maximum absolute atomic E-state index is 5.29. The smallest absolute Gasteiger partial charge is 0.386 e. The van der Waals surface area contributed by atoms with Gasteiger partial charge in [0.2, 0.25) is 0 Å². The molecule has 0 amide bonds. The molecular weight excluding hydrogens is 143 g/mol. The summed E-state index contributed by atoms with van der Waals surface area (Å²) in [7, 11) is -0.437. The first kappa shape index (κ1) is 9.04. The molecule has 11 heavy (non-hydrogen) atoms. The molecule has 1 fully saturated rings. The van der Waals surface area contributed by atoms with Crippen molar-refractivity contribution >= 4 is 7.32 Å². The highest BCUT2D eigenvalue weighted by Gasteiger charge is 2.33. The molecule has 1 heterocycles. The first-order valence-electron chi connectivity index (χ1n) is 3.99. The van der Waals surface area contributed by atoms with Crippen LogP contribution in [0.4, 0.5) is 0 Å². The van der Waals surface area contributed by atoms with E-state index in [1.54, 1.807) is 0 Å². The van der Waals surface area contributed by atoms with Crippen LogP contribution in [-0.4, -0.2) is 27.1 Å². The largest absolute Gasteiger partial charge is 0.639 e. The lowest BCUT2D eigenvalue weighted by atomic mass is 9.93. The van der Waals surface area contributed by atoms with Crippen molar-refractivity contribution in [3.63, 3.8) is 0 Å². The summed E-state index contributed by atoms with van der Waals surface area (Å²) in [6, 6.07) is 0. The SMILES string of the molecule is CCOB1OCC(C)(C)CO1. The van der Waals surface area contributed by atoms with Crippen molar-refractivity contribution in [3.05, 3.63) is 0 Å². The lowest BCUT2D eigenvalue weighted by molar-refractivity contribution is -0.0172. The standard InChI is InChI=1S/C7H15BO3/c1-4-9-8-10-5-7(2,3)6-11-8/h4-6H2,1-3H3. The van der Waals surface area contributed by atoms with E-state index in [0.29, 0.717) is 19.8 Å². The fraction of sp³-hybridized carbons (Fsp3) is 1.00. The molecule has 1 saturated heterocycles. The molecule has 3 nitrogen and oxygen atoms in total. The highest BCUT2D eigenvalue weighted by atomic mass is 16.7. The average molecular weight is 158 g/mol. The Morgan fingerprint density at radius 3 is 2.36 bits per heavy atom. The van der Waals surface area contributed by atoms with Gasteiger partial charge in [-0.15, -0.1) is 0 Å². The summed E-state index contributed by atoms with van der Waals surface area (Å²) < 4.78 is 15.7. The summed E-state index contributed by atoms with van der Waals surface area (Å²) in [6.45, 7) is 8.18. The van der Waals surface area contributed by atoms with Gasteiger partial charge in [-0.2, -0.15) is 0 Å². The van der Waals surface area contributed by atoms with Crippen LogP contribution in [0.1, 0.15) is 20.8 Å². The number of hydrogen-bond acceptors (Lipinski definition) is 3. The molecule has 0 aromatic heterocycles. The van der Waals surface area contributed by atoms with Gasteiger partial charge < -0.3 is 14.0 Å². The van der Waals surface area contributed by atoms with Gasteiger partial charge in [0.25, 0.3) is 0 Å². The minimum absolute atomic E-state index is 0.133. The van der Waals surface area contributed by atoms with Crippen LogP contribution < -0.4 is 0 Å². The van der Waals surface area contributed by atoms with Gasteiger partial charge in [0.15, 0.2) is 0 Å². The molecule has 0 aromatic carbocycles. The van der Waals surface area contributed by atoms with Gasteiger partial charge in [0.05, 0.1) is 0 Å². The van der Waals surface area contributed by atoms with Crippen LogP contribution in [0.15, 0.2) is 0 Å². The van der Waals surface area contributed by atoms with Crippen molar-refractivity contribution in [1.29, 1.82) is 0 Å². The third-order valence-corrected chi connectivity index (χ3v) is 1.52. The van der Waals surface area contributed by atoms with Crippen LogP contribution in [0.5, 0.6) is 0 Å². The molecule has 1 rings (SSSR count). The fourth-order valence-electron chi connectivity index (χ4n) is 0.909. The van der Waals surface area contributed by atoms with E-state index in [9.17, 15) is 0 Å². The average Bonchev–Trinajstić information content (AvgIpc) is 1.94. The maximum Gasteiger partial charge on any atom is 0.639 e. The molecule has 0 spiro atoms. The summed E-state index contributed by atoms with van der Waals surface area (Å²) in [5.41, 5.74) is 0.133. The van der Waals surface area contributed by atoms with E-state index in [-0.39, 0.29) is 5.41 Å². The molecule has 0 unspecified atom stereocenters. The van der Waals surface area contributed by atoms with Crippen LogP contribution in [0, 0.1) is 5.41 Å². The molecule has 0 radical (unpaired) electrons. The van der Waals surface area contributed by atoms with Crippen LogP contribution in [0.3, 0.4) is 0 Å². The molecule has 0 atom stereocenters. The monoisotopic (exact) mass is 158 g/mol.